The highest BCUT2D eigenvalue weighted by molar-refractivity contribution is 5.92. The van der Waals surface area contributed by atoms with Crippen LogP contribution in [0.25, 0.3) is 22.4 Å². The number of rotatable bonds is 6. The third kappa shape index (κ3) is 4.17. The summed E-state index contributed by atoms with van der Waals surface area (Å²) in [7, 11) is 0. The van der Waals surface area contributed by atoms with Gasteiger partial charge in [0.05, 0.1) is 25.0 Å². The van der Waals surface area contributed by atoms with Crippen LogP contribution in [0.2, 0.25) is 0 Å². The first kappa shape index (κ1) is 22.2. The zero-order chi connectivity index (χ0) is 23.7. The van der Waals surface area contributed by atoms with Crippen LogP contribution < -0.4 is 10.6 Å². The van der Waals surface area contributed by atoms with E-state index in [9.17, 15) is 13.9 Å². The van der Waals surface area contributed by atoms with E-state index in [4.69, 9.17) is 10.7 Å². The van der Waals surface area contributed by atoms with E-state index in [0.29, 0.717) is 53.6 Å². The normalized spacial score (nSPS) is 14.7. The number of anilines is 2. The van der Waals surface area contributed by atoms with Gasteiger partial charge in [0.25, 0.3) is 0 Å². The zero-order valence-corrected chi connectivity index (χ0v) is 18.5. The van der Waals surface area contributed by atoms with Crippen LogP contribution in [-0.4, -0.2) is 69.1 Å². The highest BCUT2D eigenvalue weighted by atomic mass is 19.1. The molecule has 1 aliphatic heterocycles. The van der Waals surface area contributed by atoms with Crippen molar-refractivity contribution in [3.8, 4) is 11.5 Å². The molecule has 1 saturated heterocycles. The van der Waals surface area contributed by atoms with Crippen molar-refractivity contribution in [3.63, 3.8) is 0 Å². The standard InChI is InChI=1S/C24H25F2N7O/c25-18-6-2-1-4-16(18)15-33-22-17(5-3-7-19(22)26)21(30-33)23-28-14-20(27)24(29-23)32-10-8-31(9-11-32)12-13-34/h1-7,14,34H,8-13,15,27H2. The summed E-state index contributed by atoms with van der Waals surface area (Å²) >= 11 is 0. The Hall–Kier alpha value is -3.63. The number of fused-ring (bicyclic) bond motifs is 1. The molecule has 5 rings (SSSR count). The Morgan fingerprint density at radius 3 is 2.50 bits per heavy atom. The smallest absolute Gasteiger partial charge is 0.182 e. The molecule has 10 heteroatoms. The third-order valence-electron chi connectivity index (χ3n) is 6.09. The maximum Gasteiger partial charge on any atom is 0.182 e. The molecule has 3 heterocycles. The van der Waals surface area contributed by atoms with Gasteiger partial charge in [-0.3, -0.25) is 9.58 Å². The van der Waals surface area contributed by atoms with Crippen LogP contribution in [-0.2, 0) is 6.54 Å². The van der Waals surface area contributed by atoms with Gasteiger partial charge >= 0.3 is 0 Å². The number of β-amino-alcohol motifs (C(OH)–C–C–N with tert-alkyl or cyclic N) is 1. The van der Waals surface area contributed by atoms with Crippen molar-refractivity contribution < 1.29 is 13.9 Å². The summed E-state index contributed by atoms with van der Waals surface area (Å²) in [6.45, 7) is 3.80. The van der Waals surface area contributed by atoms with Gasteiger partial charge in [0.1, 0.15) is 22.8 Å². The summed E-state index contributed by atoms with van der Waals surface area (Å²) in [5.74, 6) is 0.0883. The van der Waals surface area contributed by atoms with E-state index in [-0.39, 0.29) is 24.5 Å². The molecule has 0 saturated carbocycles. The molecular weight excluding hydrogens is 440 g/mol. The Morgan fingerprint density at radius 1 is 0.971 bits per heavy atom. The Bertz CT molecular complexity index is 1320. The van der Waals surface area contributed by atoms with Crippen LogP contribution in [0.1, 0.15) is 5.56 Å². The summed E-state index contributed by atoms with van der Waals surface area (Å²) in [6, 6.07) is 11.1. The second-order valence-corrected chi connectivity index (χ2v) is 8.26. The molecular formula is C24H25F2N7O. The number of nitrogens with zero attached hydrogens (tertiary/aromatic N) is 6. The average molecular weight is 466 g/mol. The SMILES string of the molecule is Nc1cnc(-c2nn(Cc3ccccc3F)c3c(F)cccc23)nc1N1CCN(CCO)CC1. The van der Waals surface area contributed by atoms with Gasteiger partial charge in [-0.05, 0) is 12.1 Å². The van der Waals surface area contributed by atoms with E-state index < -0.39 is 5.82 Å². The van der Waals surface area contributed by atoms with E-state index in [1.165, 1.54) is 16.8 Å². The number of benzene rings is 2. The minimum Gasteiger partial charge on any atom is -0.395 e. The number of hydrogen-bond donors (Lipinski definition) is 2. The van der Waals surface area contributed by atoms with E-state index >= 15 is 0 Å². The van der Waals surface area contributed by atoms with Crippen molar-refractivity contribution in [2.24, 2.45) is 0 Å². The molecule has 1 aliphatic rings. The molecule has 0 amide bonds. The van der Waals surface area contributed by atoms with Gasteiger partial charge in [-0.1, -0.05) is 30.3 Å². The van der Waals surface area contributed by atoms with Gasteiger partial charge in [0.15, 0.2) is 11.6 Å². The van der Waals surface area contributed by atoms with Gasteiger partial charge in [0.2, 0.25) is 0 Å². The first-order chi connectivity index (χ1) is 16.5. The van der Waals surface area contributed by atoms with Crippen LogP contribution in [0.5, 0.6) is 0 Å². The van der Waals surface area contributed by atoms with Crippen LogP contribution in [0, 0.1) is 11.6 Å². The number of aliphatic hydroxyl groups is 1. The number of aliphatic hydroxyl groups excluding tert-OH is 1. The highest BCUT2D eigenvalue weighted by Crippen LogP contribution is 2.31. The number of nitrogens with two attached hydrogens (primary N) is 1. The molecule has 0 atom stereocenters. The summed E-state index contributed by atoms with van der Waals surface area (Å²) in [5.41, 5.74) is 7.73. The Balaban J connectivity index is 1.53. The van der Waals surface area contributed by atoms with Crippen LogP contribution >= 0.6 is 0 Å². The lowest BCUT2D eigenvalue weighted by Crippen LogP contribution is -2.47. The summed E-state index contributed by atoms with van der Waals surface area (Å²) in [5, 5.41) is 14.3. The number of halogens is 2. The van der Waals surface area contributed by atoms with Gasteiger partial charge in [-0.25, -0.2) is 18.7 Å². The van der Waals surface area contributed by atoms with E-state index in [1.807, 2.05) is 0 Å². The molecule has 176 valence electrons. The monoisotopic (exact) mass is 465 g/mol. The van der Waals surface area contributed by atoms with Crippen molar-refractivity contribution in [3.05, 3.63) is 65.9 Å². The largest absolute Gasteiger partial charge is 0.395 e. The highest BCUT2D eigenvalue weighted by Gasteiger charge is 2.23. The zero-order valence-electron chi connectivity index (χ0n) is 18.5. The van der Waals surface area contributed by atoms with Crippen LogP contribution in [0.3, 0.4) is 0 Å². The summed E-state index contributed by atoms with van der Waals surface area (Å²) in [4.78, 5) is 13.3. The fourth-order valence-electron chi connectivity index (χ4n) is 4.34. The van der Waals surface area contributed by atoms with Crippen molar-refractivity contribution in [1.82, 2.24) is 24.6 Å². The van der Waals surface area contributed by atoms with Crippen LogP contribution in [0.4, 0.5) is 20.3 Å². The predicted molar refractivity (Wildman–Crippen MR) is 126 cm³/mol. The fourth-order valence-corrected chi connectivity index (χ4v) is 4.34. The van der Waals surface area contributed by atoms with Crippen molar-refractivity contribution in [2.45, 2.75) is 6.54 Å². The second kappa shape index (κ2) is 9.32. The predicted octanol–water partition coefficient (Wildman–Crippen LogP) is 2.52. The van der Waals surface area contributed by atoms with Crippen LogP contribution in [0.15, 0.2) is 48.7 Å². The third-order valence-corrected chi connectivity index (χ3v) is 6.09. The topological polar surface area (TPSA) is 96.3 Å². The van der Waals surface area contributed by atoms with E-state index in [2.05, 4.69) is 19.9 Å². The van der Waals surface area contributed by atoms with Gasteiger partial charge in [-0.15, -0.1) is 0 Å². The molecule has 0 bridgehead atoms. The quantitative estimate of drug-likeness (QED) is 0.452. The number of aromatic nitrogens is 4. The van der Waals surface area contributed by atoms with Gasteiger partial charge in [-0.2, -0.15) is 5.10 Å². The van der Waals surface area contributed by atoms with Crippen molar-refractivity contribution in [1.29, 1.82) is 0 Å². The summed E-state index contributed by atoms with van der Waals surface area (Å²) < 4.78 is 30.6. The molecule has 0 unspecified atom stereocenters. The number of piperazine rings is 1. The fraction of sp³-hybridized carbons (Fsp3) is 0.292. The Kier molecular flexibility index (Phi) is 6.08. The lowest BCUT2D eigenvalue weighted by Gasteiger charge is -2.35. The first-order valence-corrected chi connectivity index (χ1v) is 11.1. The van der Waals surface area contributed by atoms with Gasteiger partial charge < -0.3 is 15.7 Å². The number of hydrogen-bond acceptors (Lipinski definition) is 7. The maximum absolute atomic E-state index is 14.9. The number of para-hydroxylation sites is 1. The molecule has 2 aromatic heterocycles. The van der Waals surface area contributed by atoms with Crippen molar-refractivity contribution >= 4 is 22.4 Å². The Morgan fingerprint density at radius 2 is 1.74 bits per heavy atom. The van der Waals surface area contributed by atoms with Gasteiger partial charge in [0, 0.05) is 43.7 Å². The molecule has 34 heavy (non-hydrogen) atoms. The van der Waals surface area contributed by atoms with E-state index in [0.717, 1.165) is 13.1 Å². The molecule has 4 aromatic rings. The minimum atomic E-state index is -0.455. The molecule has 0 spiro atoms. The molecule has 1 fully saturated rings. The maximum atomic E-state index is 14.9. The Labute approximate surface area is 195 Å². The molecule has 3 N–H and O–H groups in total. The van der Waals surface area contributed by atoms with Crippen molar-refractivity contribution in [2.75, 3.05) is 50.0 Å². The molecule has 2 aromatic carbocycles. The second-order valence-electron chi connectivity index (χ2n) is 8.26. The lowest BCUT2D eigenvalue weighted by molar-refractivity contribution is 0.188. The average Bonchev–Trinajstić information content (AvgIpc) is 3.21. The number of nitrogen functional groups attached to an aromatic ring is 1. The molecule has 0 aliphatic carbocycles. The molecule has 8 nitrogen and oxygen atoms in total. The molecule has 0 radical (unpaired) electrons. The summed E-state index contributed by atoms with van der Waals surface area (Å²) in [6.07, 6.45) is 1.54. The lowest BCUT2D eigenvalue weighted by atomic mass is 10.2. The first-order valence-electron chi connectivity index (χ1n) is 11.1. The van der Waals surface area contributed by atoms with E-state index in [1.54, 1.807) is 36.5 Å². The minimum absolute atomic E-state index is 0.0682.